The molecule has 5 nitrogen and oxygen atoms in total. The Morgan fingerprint density at radius 2 is 2.00 bits per heavy atom. The van der Waals surface area contributed by atoms with Crippen LogP contribution in [0.3, 0.4) is 0 Å². The van der Waals surface area contributed by atoms with Gasteiger partial charge in [0.25, 0.3) is 0 Å². The molecule has 0 unspecified atom stereocenters. The molecule has 1 heterocycles. The van der Waals surface area contributed by atoms with Crippen LogP contribution in [0.15, 0.2) is 18.5 Å². The Balaban J connectivity index is 2.61. The van der Waals surface area contributed by atoms with Gasteiger partial charge in [0, 0.05) is 18.7 Å². The van der Waals surface area contributed by atoms with Gasteiger partial charge in [0.15, 0.2) is 17.4 Å². The SMILES string of the molecule is CNc1ncnnc1-c1cc(F)c(OC)cc1F. The molecular weight excluding hydrogens is 242 g/mol. The van der Waals surface area contributed by atoms with Crippen LogP contribution < -0.4 is 10.1 Å². The first kappa shape index (κ1) is 12.2. The number of ether oxygens (including phenoxy) is 1. The van der Waals surface area contributed by atoms with Crippen molar-refractivity contribution < 1.29 is 13.5 Å². The minimum atomic E-state index is -0.679. The predicted molar refractivity (Wildman–Crippen MR) is 61.3 cm³/mol. The molecular formula is C11H10F2N4O. The molecule has 2 rings (SSSR count). The van der Waals surface area contributed by atoms with E-state index in [1.165, 1.54) is 13.4 Å². The number of rotatable bonds is 3. The highest BCUT2D eigenvalue weighted by Crippen LogP contribution is 2.30. The van der Waals surface area contributed by atoms with E-state index in [-0.39, 0.29) is 17.0 Å². The number of benzene rings is 1. The van der Waals surface area contributed by atoms with Crippen LogP contribution in [0.25, 0.3) is 11.3 Å². The minimum absolute atomic E-state index is 0.0294. The molecule has 0 fully saturated rings. The topological polar surface area (TPSA) is 59.9 Å². The molecule has 0 saturated heterocycles. The highest BCUT2D eigenvalue weighted by atomic mass is 19.1. The second-order valence-corrected chi connectivity index (χ2v) is 3.37. The van der Waals surface area contributed by atoms with Gasteiger partial charge in [0.2, 0.25) is 0 Å². The van der Waals surface area contributed by atoms with Crippen molar-refractivity contribution in [1.29, 1.82) is 0 Å². The molecule has 0 amide bonds. The van der Waals surface area contributed by atoms with E-state index in [1.54, 1.807) is 7.05 Å². The quantitative estimate of drug-likeness (QED) is 0.903. The van der Waals surface area contributed by atoms with Crippen molar-refractivity contribution in [3.8, 4) is 17.0 Å². The first-order valence-electron chi connectivity index (χ1n) is 5.06. The van der Waals surface area contributed by atoms with Crippen molar-refractivity contribution in [3.05, 3.63) is 30.1 Å². The molecule has 18 heavy (non-hydrogen) atoms. The molecule has 0 radical (unpaired) electrons. The summed E-state index contributed by atoms with van der Waals surface area (Å²) in [4.78, 5) is 3.88. The summed E-state index contributed by atoms with van der Waals surface area (Å²) in [5.74, 6) is -1.19. The lowest BCUT2D eigenvalue weighted by Crippen LogP contribution is -2.01. The molecule has 0 aliphatic heterocycles. The lowest BCUT2D eigenvalue weighted by Gasteiger charge is -2.08. The largest absolute Gasteiger partial charge is 0.494 e. The summed E-state index contributed by atoms with van der Waals surface area (Å²) >= 11 is 0. The Labute approximate surface area is 102 Å². The van der Waals surface area contributed by atoms with E-state index in [0.717, 1.165) is 12.1 Å². The zero-order valence-corrected chi connectivity index (χ0v) is 9.74. The molecule has 1 aromatic carbocycles. The van der Waals surface area contributed by atoms with Gasteiger partial charge in [-0.2, -0.15) is 0 Å². The van der Waals surface area contributed by atoms with E-state index < -0.39 is 11.6 Å². The number of hydrogen-bond acceptors (Lipinski definition) is 5. The Kier molecular flexibility index (Phi) is 3.31. The maximum absolute atomic E-state index is 13.8. The normalized spacial score (nSPS) is 10.2. The number of hydrogen-bond donors (Lipinski definition) is 1. The van der Waals surface area contributed by atoms with Crippen LogP contribution in [-0.4, -0.2) is 29.3 Å². The van der Waals surface area contributed by atoms with E-state index in [9.17, 15) is 8.78 Å². The minimum Gasteiger partial charge on any atom is -0.494 e. The number of anilines is 1. The van der Waals surface area contributed by atoms with Crippen LogP contribution >= 0.6 is 0 Å². The van der Waals surface area contributed by atoms with Crippen molar-refractivity contribution in [1.82, 2.24) is 15.2 Å². The van der Waals surface area contributed by atoms with Gasteiger partial charge in [-0.25, -0.2) is 13.8 Å². The summed E-state index contributed by atoms with van der Waals surface area (Å²) in [5, 5.41) is 10.1. The molecule has 0 aliphatic carbocycles. The van der Waals surface area contributed by atoms with Crippen molar-refractivity contribution in [2.45, 2.75) is 0 Å². The van der Waals surface area contributed by atoms with E-state index in [4.69, 9.17) is 4.74 Å². The first-order valence-corrected chi connectivity index (χ1v) is 5.06. The fourth-order valence-electron chi connectivity index (χ4n) is 1.51. The van der Waals surface area contributed by atoms with Gasteiger partial charge in [0.05, 0.1) is 7.11 Å². The average Bonchev–Trinajstić information content (AvgIpc) is 2.41. The molecule has 7 heteroatoms. The van der Waals surface area contributed by atoms with Gasteiger partial charge in [-0.15, -0.1) is 10.2 Å². The second-order valence-electron chi connectivity index (χ2n) is 3.37. The summed E-state index contributed by atoms with van der Waals surface area (Å²) in [5.41, 5.74) is 0.109. The van der Waals surface area contributed by atoms with Crippen molar-refractivity contribution >= 4 is 5.82 Å². The van der Waals surface area contributed by atoms with Gasteiger partial charge in [-0.05, 0) is 6.07 Å². The smallest absolute Gasteiger partial charge is 0.165 e. The molecule has 0 aliphatic rings. The van der Waals surface area contributed by atoms with E-state index in [0.29, 0.717) is 5.82 Å². The van der Waals surface area contributed by atoms with Gasteiger partial charge >= 0.3 is 0 Å². The van der Waals surface area contributed by atoms with Crippen LogP contribution in [0.5, 0.6) is 5.75 Å². The van der Waals surface area contributed by atoms with E-state index in [2.05, 4.69) is 20.5 Å². The lowest BCUT2D eigenvalue weighted by atomic mass is 10.1. The summed E-state index contributed by atoms with van der Waals surface area (Å²) < 4.78 is 32.1. The summed E-state index contributed by atoms with van der Waals surface area (Å²) in [6.07, 6.45) is 1.22. The van der Waals surface area contributed by atoms with Crippen molar-refractivity contribution in [2.24, 2.45) is 0 Å². The molecule has 1 aromatic heterocycles. The third-order valence-electron chi connectivity index (χ3n) is 2.35. The lowest BCUT2D eigenvalue weighted by molar-refractivity contribution is 0.383. The molecule has 0 atom stereocenters. The second kappa shape index (κ2) is 4.91. The molecule has 94 valence electrons. The Morgan fingerprint density at radius 1 is 1.22 bits per heavy atom. The van der Waals surface area contributed by atoms with Crippen molar-refractivity contribution in [3.63, 3.8) is 0 Å². The van der Waals surface area contributed by atoms with E-state index in [1.807, 2.05) is 0 Å². The third kappa shape index (κ3) is 2.06. The molecule has 1 N–H and O–H groups in total. The number of nitrogens with zero attached hydrogens (tertiary/aromatic N) is 3. The average molecular weight is 252 g/mol. The highest BCUT2D eigenvalue weighted by molar-refractivity contribution is 5.71. The molecule has 0 bridgehead atoms. The fraction of sp³-hybridized carbons (Fsp3) is 0.182. The molecule has 0 saturated carbocycles. The summed E-state index contributed by atoms with van der Waals surface area (Å²) in [7, 11) is 2.87. The number of methoxy groups -OCH3 is 1. The van der Waals surface area contributed by atoms with Gasteiger partial charge in [-0.3, -0.25) is 0 Å². The van der Waals surface area contributed by atoms with Crippen LogP contribution in [0.2, 0.25) is 0 Å². The summed E-state index contributed by atoms with van der Waals surface area (Å²) in [6.45, 7) is 0. The molecule has 0 spiro atoms. The first-order chi connectivity index (χ1) is 8.67. The summed E-state index contributed by atoms with van der Waals surface area (Å²) in [6, 6.07) is 1.96. The van der Waals surface area contributed by atoms with Crippen LogP contribution in [0, 0.1) is 11.6 Å². The van der Waals surface area contributed by atoms with E-state index >= 15 is 0 Å². The Hall–Kier alpha value is -2.31. The molecule has 2 aromatic rings. The van der Waals surface area contributed by atoms with Crippen molar-refractivity contribution in [2.75, 3.05) is 19.5 Å². The van der Waals surface area contributed by atoms with Crippen LogP contribution in [0.1, 0.15) is 0 Å². The van der Waals surface area contributed by atoms with Gasteiger partial charge < -0.3 is 10.1 Å². The Bertz CT molecular complexity index is 577. The zero-order valence-electron chi connectivity index (χ0n) is 9.74. The maximum atomic E-state index is 13.8. The van der Waals surface area contributed by atoms with Crippen LogP contribution in [-0.2, 0) is 0 Å². The number of nitrogens with one attached hydrogen (secondary N) is 1. The zero-order chi connectivity index (χ0) is 13.1. The standard InChI is InChI=1S/C11H10F2N4O/c1-14-11-10(17-16-5-15-11)6-3-8(13)9(18-2)4-7(6)12/h3-5H,1-2H3,(H,14,15,16). The van der Waals surface area contributed by atoms with Gasteiger partial charge in [-0.1, -0.05) is 0 Å². The maximum Gasteiger partial charge on any atom is 0.165 e. The fourth-order valence-corrected chi connectivity index (χ4v) is 1.51. The van der Waals surface area contributed by atoms with Gasteiger partial charge in [0.1, 0.15) is 17.8 Å². The number of aromatic nitrogens is 3. The monoisotopic (exact) mass is 252 g/mol. The third-order valence-corrected chi connectivity index (χ3v) is 2.35. The highest BCUT2D eigenvalue weighted by Gasteiger charge is 2.16. The Morgan fingerprint density at radius 3 is 2.67 bits per heavy atom. The predicted octanol–water partition coefficient (Wildman–Crippen LogP) is 1.87. The number of halogens is 2. The van der Waals surface area contributed by atoms with Crippen LogP contribution in [0.4, 0.5) is 14.6 Å².